The van der Waals surface area contributed by atoms with Crippen molar-refractivity contribution in [3.05, 3.63) is 59.7 Å². The van der Waals surface area contributed by atoms with Crippen molar-refractivity contribution >= 4 is 5.91 Å². The smallest absolute Gasteiger partial charge is 0.218 e. The minimum atomic E-state index is -0.276. The molecule has 1 aliphatic heterocycles. The standard InChI is InChI=1S/C18H19NO3/c19-18(20)10-14-8-9-21-17-11-15(6-7-16(14)17)22-12-13-4-2-1-3-5-13/h1-7,11,14H,8-10,12H2,(H2,19,20). The summed E-state index contributed by atoms with van der Waals surface area (Å²) in [5.74, 6) is 1.43. The van der Waals surface area contributed by atoms with E-state index in [1.54, 1.807) is 0 Å². The fourth-order valence-corrected chi connectivity index (χ4v) is 2.73. The predicted molar refractivity (Wildman–Crippen MR) is 83.9 cm³/mol. The van der Waals surface area contributed by atoms with Crippen LogP contribution in [0, 0.1) is 0 Å². The second-order valence-electron chi connectivity index (χ2n) is 5.48. The Morgan fingerprint density at radius 2 is 2.05 bits per heavy atom. The van der Waals surface area contributed by atoms with E-state index in [2.05, 4.69) is 0 Å². The van der Waals surface area contributed by atoms with Crippen molar-refractivity contribution in [3.63, 3.8) is 0 Å². The van der Waals surface area contributed by atoms with Gasteiger partial charge in [-0.1, -0.05) is 36.4 Å². The van der Waals surface area contributed by atoms with Crippen LogP contribution >= 0.6 is 0 Å². The normalized spacial score (nSPS) is 16.5. The number of hydrogen-bond acceptors (Lipinski definition) is 3. The molecule has 114 valence electrons. The van der Waals surface area contributed by atoms with Gasteiger partial charge in [-0.25, -0.2) is 0 Å². The number of ether oxygens (including phenoxy) is 2. The van der Waals surface area contributed by atoms with E-state index in [1.807, 2.05) is 48.5 Å². The highest BCUT2D eigenvalue weighted by molar-refractivity contribution is 5.75. The molecule has 0 spiro atoms. The molecule has 0 aliphatic carbocycles. The number of carbonyl (C=O) groups is 1. The van der Waals surface area contributed by atoms with E-state index in [-0.39, 0.29) is 11.8 Å². The fourth-order valence-electron chi connectivity index (χ4n) is 2.73. The highest BCUT2D eigenvalue weighted by atomic mass is 16.5. The average Bonchev–Trinajstić information content (AvgIpc) is 2.53. The first kappa shape index (κ1) is 14.4. The molecule has 4 nitrogen and oxygen atoms in total. The maximum Gasteiger partial charge on any atom is 0.218 e. The number of amides is 1. The molecule has 0 bridgehead atoms. The zero-order valence-corrected chi connectivity index (χ0v) is 12.3. The lowest BCUT2D eigenvalue weighted by Gasteiger charge is -2.25. The predicted octanol–water partition coefficient (Wildman–Crippen LogP) is 3.01. The van der Waals surface area contributed by atoms with Gasteiger partial charge >= 0.3 is 0 Å². The Morgan fingerprint density at radius 1 is 1.23 bits per heavy atom. The van der Waals surface area contributed by atoms with Crippen molar-refractivity contribution in [2.75, 3.05) is 6.61 Å². The first-order valence-corrected chi connectivity index (χ1v) is 7.44. The number of benzene rings is 2. The van der Waals surface area contributed by atoms with E-state index in [4.69, 9.17) is 15.2 Å². The van der Waals surface area contributed by atoms with Gasteiger partial charge in [-0.3, -0.25) is 4.79 Å². The highest BCUT2D eigenvalue weighted by Crippen LogP contribution is 2.37. The number of hydrogen-bond donors (Lipinski definition) is 1. The van der Waals surface area contributed by atoms with E-state index >= 15 is 0 Å². The number of fused-ring (bicyclic) bond motifs is 1. The van der Waals surface area contributed by atoms with Crippen LogP contribution in [0.5, 0.6) is 11.5 Å². The van der Waals surface area contributed by atoms with Crippen LogP contribution in [0.1, 0.15) is 29.9 Å². The maximum atomic E-state index is 11.2. The lowest BCUT2D eigenvalue weighted by molar-refractivity contribution is -0.118. The van der Waals surface area contributed by atoms with Gasteiger partial charge in [0.1, 0.15) is 18.1 Å². The topological polar surface area (TPSA) is 61.6 Å². The number of rotatable bonds is 5. The fraction of sp³-hybridized carbons (Fsp3) is 0.278. The van der Waals surface area contributed by atoms with Gasteiger partial charge in [0.25, 0.3) is 0 Å². The molecule has 0 radical (unpaired) electrons. The molecule has 0 fully saturated rings. The highest BCUT2D eigenvalue weighted by Gasteiger charge is 2.23. The van der Waals surface area contributed by atoms with Crippen molar-refractivity contribution in [3.8, 4) is 11.5 Å². The lowest BCUT2D eigenvalue weighted by Crippen LogP contribution is -2.20. The summed E-state index contributed by atoms with van der Waals surface area (Å²) < 4.78 is 11.5. The van der Waals surface area contributed by atoms with Gasteiger partial charge in [-0.15, -0.1) is 0 Å². The van der Waals surface area contributed by atoms with E-state index in [1.165, 1.54) is 0 Å². The Labute approximate surface area is 129 Å². The summed E-state index contributed by atoms with van der Waals surface area (Å²) in [4.78, 5) is 11.2. The SMILES string of the molecule is NC(=O)CC1CCOc2cc(OCc3ccccc3)ccc21. The summed E-state index contributed by atoms with van der Waals surface area (Å²) in [6, 6.07) is 15.8. The van der Waals surface area contributed by atoms with E-state index < -0.39 is 0 Å². The average molecular weight is 297 g/mol. The first-order chi connectivity index (χ1) is 10.7. The molecule has 4 heteroatoms. The van der Waals surface area contributed by atoms with Crippen LogP contribution in [0.3, 0.4) is 0 Å². The Hall–Kier alpha value is -2.49. The van der Waals surface area contributed by atoms with Crippen LogP contribution in [-0.2, 0) is 11.4 Å². The van der Waals surface area contributed by atoms with Crippen LogP contribution in [0.2, 0.25) is 0 Å². The minimum Gasteiger partial charge on any atom is -0.493 e. The Kier molecular flexibility index (Phi) is 4.28. The third-order valence-corrected chi connectivity index (χ3v) is 3.84. The van der Waals surface area contributed by atoms with Crippen molar-refractivity contribution < 1.29 is 14.3 Å². The molecule has 1 aliphatic rings. The van der Waals surface area contributed by atoms with Gasteiger partial charge < -0.3 is 15.2 Å². The molecule has 0 saturated carbocycles. The molecule has 1 heterocycles. The van der Waals surface area contributed by atoms with Crippen molar-refractivity contribution in [2.45, 2.75) is 25.4 Å². The van der Waals surface area contributed by atoms with Gasteiger partial charge in [-0.2, -0.15) is 0 Å². The van der Waals surface area contributed by atoms with E-state index in [0.717, 1.165) is 29.0 Å². The van der Waals surface area contributed by atoms with Crippen LogP contribution in [-0.4, -0.2) is 12.5 Å². The number of carbonyl (C=O) groups excluding carboxylic acids is 1. The molecule has 1 unspecified atom stereocenters. The molecule has 2 N–H and O–H groups in total. The lowest BCUT2D eigenvalue weighted by atomic mass is 9.90. The zero-order chi connectivity index (χ0) is 15.4. The van der Waals surface area contributed by atoms with Crippen molar-refractivity contribution in [2.24, 2.45) is 5.73 Å². The summed E-state index contributed by atoms with van der Waals surface area (Å²) in [6.07, 6.45) is 1.18. The van der Waals surface area contributed by atoms with E-state index in [9.17, 15) is 4.79 Å². The molecule has 2 aromatic carbocycles. The second kappa shape index (κ2) is 6.52. The van der Waals surface area contributed by atoms with Gasteiger partial charge in [0.2, 0.25) is 5.91 Å². The molecule has 3 rings (SSSR count). The maximum absolute atomic E-state index is 11.2. The zero-order valence-electron chi connectivity index (χ0n) is 12.3. The van der Waals surface area contributed by atoms with Crippen LogP contribution in [0.25, 0.3) is 0 Å². The van der Waals surface area contributed by atoms with Crippen molar-refractivity contribution in [1.82, 2.24) is 0 Å². The summed E-state index contributed by atoms with van der Waals surface area (Å²) in [5, 5.41) is 0. The number of primary amides is 1. The third-order valence-electron chi connectivity index (χ3n) is 3.84. The minimum absolute atomic E-state index is 0.143. The van der Waals surface area contributed by atoms with Crippen LogP contribution < -0.4 is 15.2 Å². The second-order valence-corrected chi connectivity index (χ2v) is 5.48. The molecule has 22 heavy (non-hydrogen) atoms. The van der Waals surface area contributed by atoms with Crippen molar-refractivity contribution in [1.29, 1.82) is 0 Å². The van der Waals surface area contributed by atoms with Gasteiger partial charge in [0, 0.05) is 12.5 Å². The molecular formula is C18H19NO3. The number of nitrogens with two attached hydrogens (primary N) is 1. The quantitative estimate of drug-likeness (QED) is 0.922. The molecule has 1 amide bonds. The Balaban J connectivity index is 1.72. The Bertz CT molecular complexity index is 655. The van der Waals surface area contributed by atoms with Crippen LogP contribution in [0.4, 0.5) is 0 Å². The largest absolute Gasteiger partial charge is 0.493 e. The third kappa shape index (κ3) is 3.39. The van der Waals surface area contributed by atoms with Gasteiger partial charge in [0.15, 0.2) is 0 Å². The summed E-state index contributed by atoms with van der Waals surface area (Å²) >= 11 is 0. The molecule has 1 atom stereocenters. The molecular weight excluding hydrogens is 278 g/mol. The molecule has 0 saturated heterocycles. The first-order valence-electron chi connectivity index (χ1n) is 7.44. The monoisotopic (exact) mass is 297 g/mol. The Morgan fingerprint density at radius 3 is 2.82 bits per heavy atom. The van der Waals surface area contributed by atoms with Crippen LogP contribution in [0.15, 0.2) is 48.5 Å². The van der Waals surface area contributed by atoms with Gasteiger partial charge in [0.05, 0.1) is 6.61 Å². The molecule has 0 aromatic heterocycles. The van der Waals surface area contributed by atoms with Gasteiger partial charge in [-0.05, 0) is 29.5 Å². The summed E-state index contributed by atoms with van der Waals surface area (Å²) in [7, 11) is 0. The summed E-state index contributed by atoms with van der Waals surface area (Å²) in [6.45, 7) is 1.12. The molecule has 2 aromatic rings. The summed E-state index contributed by atoms with van der Waals surface area (Å²) in [5.41, 5.74) is 7.48. The van der Waals surface area contributed by atoms with E-state index in [0.29, 0.717) is 19.6 Å².